The first-order valence-corrected chi connectivity index (χ1v) is 8.03. The van der Waals surface area contributed by atoms with Gasteiger partial charge in [-0.25, -0.2) is 0 Å². The van der Waals surface area contributed by atoms with E-state index < -0.39 is 0 Å². The van der Waals surface area contributed by atoms with Crippen LogP contribution in [0.5, 0.6) is 11.5 Å². The Hall–Kier alpha value is -0.990. The highest BCUT2D eigenvalue weighted by Crippen LogP contribution is 2.33. The van der Waals surface area contributed by atoms with Crippen LogP contribution in [-0.4, -0.2) is 0 Å². The zero-order valence-electron chi connectivity index (χ0n) is 11.9. The lowest BCUT2D eigenvalue weighted by Gasteiger charge is -2.20. The molecule has 20 heavy (non-hydrogen) atoms. The van der Waals surface area contributed by atoms with Crippen molar-refractivity contribution in [3.8, 4) is 11.5 Å². The number of benzene rings is 2. The first kappa shape index (κ1) is 15.4. The molecule has 0 fully saturated rings. The molecule has 0 amide bonds. The Kier molecular flexibility index (Phi) is 4.77. The van der Waals surface area contributed by atoms with Crippen molar-refractivity contribution >= 4 is 27.5 Å². The summed E-state index contributed by atoms with van der Waals surface area (Å²) in [4.78, 5) is 0. The molecular formula is C17H18BrClO. The molecule has 0 bridgehead atoms. The third-order valence-corrected chi connectivity index (χ3v) is 4.05. The Morgan fingerprint density at radius 3 is 2.45 bits per heavy atom. The standard InChI is InChI=1S/C17H18BrClO/c1-17(2,3)12-6-4-7-13(10-12)20-16-9-5-8-15(19)14(16)11-18/h4-10H,11H2,1-3H3. The minimum absolute atomic E-state index is 0.103. The topological polar surface area (TPSA) is 9.23 Å². The van der Waals surface area contributed by atoms with Crippen molar-refractivity contribution in [2.45, 2.75) is 31.5 Å². The molecule has 2 aromatic rings. The largest absolute Gasteiger partial charge is 0.457 e. The molecule has 3 heteroatoms. The molecule has 0 aliphatic heterocycles. The van der Waals surface area contributed by atoms with Crippen molar-refractivity contribution in [1.82, 2.24) is 0 Å². The third kappa shape index (κ3) is 3.56. The zero-order valence-corrected chi connectivity index (χ0v) is 14.3. The fourth-order valence-corrected chi connectivity index (χ4v) is 2.89. The highest BCUT2D eigenvalue weighted by molar-refractivity contribution is 9.08. The van der Waals surface area contributed by atoms with E-state index in [1.807, 2.05) is 30.3 Å². The van der Waals surface area contributed by atoms with Crippen LogP contribution in [0.25, 0.3) is 0 Å². The van der Waals surface area contributed by atoms with Crippen LogP contribution >= 0.6 is 27.5 Å². The van der Waals surface area contributed by atoms with Crippen molar-refractivity contribution in [3.05, 3.63) is 58.6 Å². The van der Waals surface area contributed by atoms with Crippen LogP contribution in [0.3, 0.4) is 0 Å². The number of alkyl halides is 1. The number of ether oxygens (including phenoxy) is 1. The van der Waals surface area contributed by atoms with E-state index >= 15 is 0 Å². The molecule has 0 saturated carbocycles. The van der Waals surface area contributed by atoms with E-state index in [0.29, 0.717) is 10.4 Å². The number of halogens is 2. The summed E-state index contributed by atoms with van der Waals surface area (Å²) in [5.74, 6) is 1.63. The summed E-state index contributed by atoms with van der Waals surface area (Å²) < 4.78 is 6.00. The van der Waals surface area contributed by atoms with Crippen LogP contribution in [-0.2, 0) is 10.7 Å². The molecular weight excluding hydrogens is 336 g/mol. The van der Waals surface area contributed by atoms with Crippen molar-refractivity contribution < 1.29 is 4.74 Å². The maximum Gasteiger partial charge on any atom is 0.132 e. The van der Waals surface area contributed by atoms with E-state index in [1.165, 1.54) is 5.56 Å². The number of hydrogen-bond donors (Lipinski definition) is 0. The van der Waals surface area contributed by atoms with Gasteiger partial charge in [-0.2, -0.15) is 0 Å². The average molecular weight is 354 g/mol. The van der Waals surface area contributed by atoms with Gasteiger partial charge in [0.25, 0.3) is 0 Å². The van der Waals surface area contributed by atoms with Gasteiger partial charge in [-0.05, 0) is 35.2 Å². The Morgan fingerprint density at radius 2 is 1.80 bits per heavy atom. The third-order valence-electron chi connectivity index (χ3n) is 3.14. The first-order chi connectivity index (χ1) is 9.41. The van der Waals surface area contributed by atoms with Crippen LogP contribution < -0.4 is 4.74 Å². The van der Waals surface area contributed by atoms with Gasteiger partial charge in [0.2, 0.25) is 0 Å². The number of rotatable bonds is 3. The lowest BCUT2D eigenvalue weighted by Crippen LogP contribution is -2.10. The average Bonchev–Trinajstić information content (AvgIpc) is 2.38. The van der Waals surface area contributed by atoms with Gasteiger partial charge < -0.3 is 4.74 Å². The van der Waals surface area contributed by atoms with Gasteiger partial charge in [-0.15, -0.1) is 0 Å². The predicted molar refractivity (Wildman–Crippen MR) is 89.3 cm³/mol. The Morgan fingerprint density at radius 1 is 1.10 bits per heavy atom. The summed E-state index contributed by atoms with van der Waals surface area (Å²) in [6.07, 6.45) is 0. The van der Waals surface area contributed by atoms with Crippen LogP contribution in [0.2, 0.25) is 5.02 Å². The monoisotopic (exact) mass is 352 g/mol. The van der Waals surface area contributed by atoms with Crippen molar-refractivity contribution in [2.24, 2.45) is 0 Å². The normalized spacial score (nSPS) is 11.4. The molecule has 0 N–H and O–H groups in total. The minimum Gasteiger partial charge on any atom is -0.457 e. The number of hydrogen-bond acceptors (Lipinski definition) is 1. The van der Waals surface area contributed by atoms with Crippen LogP contribution in [0.4, 0.5) is 0 Å². The van der Waals surface area contributed by atoms with E-state index in [9.17, 15) is 0 Å². The minimum atomic E-state index is 0.103. The summed E-state index contributed by atoms with van der Waals surface area (Å²) in [7, 11) is 0. The van der Waals surface area contributed by atoms with Gasteiger partial charge in [0.15, 0.2) is 0 Å². The summed E-state index contributed by atoms with van der Waals surface area (Å²) in [5.41, 5.74) is 2.32. The van der Waals surface area contributed by atoms with Crippen molar-refractivity contribution in [2.75, 3.05) is 0 Å². The van der Waals surface area contributed by atoms with Crippen molar-refractivity contribution in [1.29, 1.82) is 0 Å². The molecule has 0 aromatic heterocycles. The maximum atomic E-state index is 6.19. The van der Waals surface area contributed by atoms with Crippen molar-refractivity contribution in [3.63, 3.8) is 0 Å². The van der Waals surface area contributed by atoms with E-state index in [4.69, 9.17) is 16.3 Å². The lowest BCUT2D eigenvalue weighted by molar-refractivity contribution is 0.475. The molecule has 0 saturated heterocycles. The van der Waals surface area contributed by atoms with Gasteiger partial charge in [0, 0.05) is 15.9 Å². The van der Waals surface area contributed by atoms with Crippen LogP contribution in [0.15, 0.2) is 42.5 Å². The van der Waals surface area contributed by atoms with E-state index in [-0.39, 0.29) is 5.41 Å². The molecule has 2 aromatic carbocycles. The van der Waals surface area contributed by atoms with Gasteiger partial charge >= 0.3 is 0 Å². The molecule has 106 valence electrons. The molecule has 0 atom stereocenters. The Labute approximate surface area is 134 Å². The summed E-state index contributed by atoms with van der Waals surface area (Å²) in [6, 6.07) is 13.9. The zero-order chi connectivity index (χ0) is 14.8. The highest BCUT2D eigenvalue weighted by Gasteiger charge is 2.15. The molecule has 1 nitrogen and oxygen atoms in total. The maximum absolute atomic E-state index is 6.19. The SMILES string of the molecule is CC(C)(C)c1cccc(Oc2cccc(Cl)c2CBr)c1. The van der Waals surface area contributed by atoms with Gasteiger partial charge in [0.1, 0.15) is 11.5 Å². The molecule has 0 spiro atoms. The van der Waals surface area contributed by atoms with Crippen LogP contribution in [0.1, 0.15) is 31.9 Å². The van der Waals surface area contributed by atoms with E-state index in [2.05, 4.69) is 48.8 Å². The quantitative estimate of drug-likeness (QED) is 0.586. The Balaban J connectivity index is 2.34. The highest BCUT2D eigenvalue weighted by atomic mass is 79.9. The van der Waals surface area contributed by atoms with Gasteiger partial charge in [-0.3, -0.25) is 0 Å². The fraction of sp³-hybridized carbons (Fsp3) is 0.294. The summed E-state index contributed by atoms with van der Waals surface area (Å²) >= 11 is 9.64. The Bertz CT molecular complexity index is 602. The molecule has 0 aliphatic rings. The van der Waals surface area contributed by atoms with Gasteiger partial charge in [0.05, 0.1) is 0 Å². The molecule has 0 heterocycles. The molecule has 0 unspecified atom stereocenters. The molecule has 2 rings (SSSR count). The first-order valence-electron chi connectivity index (χ1n) is 6.53. The van der Waals surface area contributed by atoms with E-state index in [0.717, 1.165) is 17.1 Å². The fourth-order valence-electron chi connectivity index (χ4n) is 1.92. The predicted octanol–water partition coefficient (Wildman–Crippen LogP) is 6.32. The second-order valence-electron chi connectivity index (χ2n) is 5.73. The summed E-state index contributed by atoms with van der Waals surface area (Å²) in [5, 5.41) is 1.38. The lowest BCUT2D eigenvalue weighted by atomic mass is 9.87. The molecule has 0 radical (unpaired) electrons. The molecule has 0 aliphatic carbocycles. The second-order valence-corrected chi connectivity index (χ2v) is 6.70. The second kappa shape index (κ2) is 6.19. The van der Waals surface area contributed by atoms with Crippen LogP contribution in [0, 0.1) is 0 Å². The summed E-state index contributed by atoms with van der Waals surface area (Å²) in [6.45, 7) is 6.57. The van der Waals surface area contributed by atoms with Gasteiger partial charge in [-0.1, -0.05) is 66.5 Å². The van der Waals surface area contributed by atoms with E-state index in [1.54, 1.807) is 0 Å². The smallest absolute Gasteiger partial charge is 0.132 e.